The first-order valence-corrected chi connectivity index (χ1v) is 8.20. The van der Waals surface area contributed by atoms with Gasteiger partial charge in [0.05, 0.1) is 15.0 Å². The number of nitrogens with zero attached hydrogens (tertiary/aromatic N) is 1. The van der Waals surface area contributed by atoms with Crippen LogP contribution in [-0.2, 0) is 16.0 Å². The number of rotatable bonds is 6. The van der Waals surface area contributed by atoms with Crippen molar-refractivity contribution in [1.29, 1.82) is 0 Å². The average Bonchev–Trinajstić information content (AvgIpc) is 2.60. The van der Waals surface area contributed by atoms with Crippen molar-refractivity contribution in [1.82, 2.24) is 0 Å². The van der Waals surface area contributed by atoms with Crippen molar-refractivity contribution in [2.45, 2.75) is 13.3 Å². The van der Waals surface area contributed by atoms with Crippen LogP contribution in [0.4, 0.5) is 11.4 Å². The van der Waals surface area contributed by atoms with Crippen LogP contribution in [0.25, 0.3) is 0 Å². The minimum absolute atomic E-state index is 0.00309. The van der Waals surface area contributed by atoms with Gasteiger partial charge in [-0.05, 0) is 46.1 Å². The zero-order chi connectivity index (χ0) is 18.4. The Kier molecular flexibility index (Phi) is 6.24. The van der Waals surface area contributed by atoms with E-state index in [1.54, 1.807) is 12.1 Å². The molecule has 1 N–H and O–H groups in total. The topological polar surface area (TPSA) is 98.5 Å². The van der Waals surface area contributed by atoms with E-state index in [2.05, 4.69) is 21.2 Å². The van der Waals surface area contributed by atoms with Gasteiger partial charge in [0.2, 0.25) is 0 Å². The number of nitro groups is 1. The molecule has 2 rings (SSSR count). The molecule has 0 saturated carbocycles. The Bertz CT molecular complexity index is 822. The predicted molar refractivity (Wildman–Crippen MR) is 95.5 cm³/mol. The third-order valence-corrected chi connectivity index (χ3v) is 4.06. The van der Waals surface area contributed by atoms with E-state index >= 15 is 0 Å². The summed E-state index contributed by atoms with van der Waals surface area (Å²) < 4.78 is 5.17. The molecule has 2 aromatic rings. The molecule has 8 heteroatoms. The zero-order valence-corrected chi connectivity index (χ0v) is 14.9. The van der Waals surface area contributed by atoms with E-state index in [0.29, 0.717) is 5.69 Å². The van der Waals surface area contributed by atoms with Crippen LogP contribution in [0.2, 0.25) is 0 Å². The molecule has 0 aromatic heterocycles. The number of hydrogen-bond donors (Lipinski definition) is 1. The molecule has 0 aliphatic carbocycles. The van der Waals surface area contributed by atoms with Crippen LogP contribution in [0.1, 0.15) is 22.8 Å². The van der Waals surface area contributed by atoms with Gasteiger partial charge in [-0.25, -0.2) is 4.79 Å². The first-order chi connectivity index (χ1) is 11.9. The Labute approximate surface area is 152 Å². The molecule has 0 radical (unpaired) electrons. The number of carbonyl (C=O) groups is 2. The van der Waals surface area contributed by atoms with Crippen molar-refractivity contribution in [3.8, 4) is 0 Å². The lowest BCUT2D eigenvalue weighted by molar-refractivity contribution is -0.385. The summed E-state index contributed by atoms with van der Waals surface area (Å²) in [7, 11) is 0. The van der Waals surface area contributed by atoms with E-state index in [4.69, 9.17) is 4.74 Å². The van der Waals surface area contributed by atoms with Gasteiger partial charge in [0, 0.05) is 11.8 Å². The molecule has 0 spiro atoms. The Morgan fingerprint density at radius 1 is 1.24 bits per heavy atom. The largest absolute Gasteiger partial charge is 0.452 e. The number of aryl methyl sites for hydroxylation is 1. The highest BCUT2D eigenvalue weighted by atomic mass is 79.9. The molecule has 1 amide bonds. The maximum absolute atomic E-state index is 12.0. The van der Waals surface area contributed by atoms with Crippen LogP contribution in [0, 0.1) is 10.1 Å². The Balaban J connectivity index is 1.99. The molecule has 130 valence electrons. The molecule has 0 aliphatic rings. The van der Waals surface area contributed by atoms with Crippen molar-refractivity contribution in [2.24, 2.45) is 0 Å². The van der Waals surface area contributed by atoms with Crippen LogP contribution >= 0.6 is 15.9 Å². The summed E-state index contributed by atoms with van der Waals surface area (Å²) in [6, 6.07) is 11.2. The normalized spacial score (nSPS) is 10.2. The minimum Gasteiger partial charge on any atom is -0.452 e. The molecular weight excluding hydrogens is 392 g/mol. The molecule has 25 heavy (non-hydrogen) atoms. The monoisotopic (exact) mass is 406 g/mol. The molecule has 2 aromatic carbocycles. The van der Waals surface area contributed by atoms with Crippen LogP contribution < -0.4 is 5.32 Å². The van der Waals surface area contributed by atoms with Crippen molar-refractivity contribution >= 4 is 39.2 Å². The molecule has 0 atom stereocenters. The Hall–Kier alpha value is -2.74. The number of halogens is 1. The summed E-state index contributed by atoms with van der Waals surface area (Å²) in [6.45, 7) is 1.48. The van der Waals surface area contributed by atoms with Gasteiger partial charge < -0.3 is 10.1 Å². The van der Waals surface area contributed by atoms with Gasteiger partial charge in [0.25, 0.3) is 11.6 Å². The second-order valence-corrected chi connectivity index (χ2v) is 5.91. The van der Waals surface area contributed by atoms with Crippen molar-refractivity contribution in [2.75, 3.05) is 11.9 Å². The number of benzene rings is 2. The second-order valence-electron chi connectivity index (χ2n) is 5.06. The van der Waals surface area contributed by atoms with Crippen LogP contribution in [0.15, 0.2) is 46.9 Å². The van der Waals surface area contributed by atoms with Gasteiger partial charge in [0.1, 0.15) is 0 Å². The summed E-state index contributed by atoms with van der Waals surface area (Å²) in [5, 5.41) is 13.6. The molecule has 7 nitrogen and oxygen atoms in total. The van der Waals surface area contributed by atoms with E-state index in [0.717, 1.165) is 18.1 Å². The van der Waals surface area contributed by atoms with Crippen LogP contribution in [0.5, 0.6) is 0 Å². The number of amides is 1. The van der Waals surface area contributed by atoms with Crippen molar-refractivity contribution in [3.63, 3.8) is 0 Å². The summed E-state index contributed by atoms with van der Waals surface area (Å²) in [5.74, 6) is -1.30. The number of para-hydroxylation sites is 1. The van der Waals surface area contributed by atoms with Gasteiger partial charge in [-0.1, -0.05) is 25.1 Å². The molecule has 0 unspecified atom stereocenters. The van der Waals surface area contributed by atoms with Gasteiger partial charge in [0.15, 0.2) is 6.61 Å². The molecular formula is C17H15BrN2O5. The lowest BCUT2D eigenvalue weighted by Crippen LogP contribution is -2.21. The Morgan fingerprint density at radius 2 is 1.96 bits per heavy atom. The lowest BCUT2D eigenvalue weighted by atomic mass is 10.1. The maximum atomic E-state index is 12.0. The average molecular weight is 407 g/mol. The Morgan fingerprint density at radius 3 is 2.64 bits per heavy atom. The fraction of sp³-hybridized carbons (Fsp3) is 0.176. The molecule has 0 fully saturated rings. The zero-order valence-electron chi connectivity index (χ0n) is 13.3. The first-order valence-electron chi connectivity index (χ1n) is 7.41. The molecule has 0 bridgehead atoms. The number of ether oxygens (including phenoxy) is 1. The highest BCUT2D eigenvalue weighted by Crippen LogP contribution is 2.25. The SMILES string of the molecule is CCc1ccccc1NC(=O)COC(=O)c1ccc(Br)c([N+](=O)[O-])c1. The fourth-order valence-corrected chi connectivity index (χ4v) is 2.52. The number of anilines is 1. The van der Waals surface area contributed by atoms with E-state index in [-0.39, 0.29) is 15.7 Å². The van der Waals surface area contributed by atoms with Crippen molar-refractivity contribution < 1.29 is 19.2 Å². The van der Waals surface area contributed by atoms with Gasteiger partial charge in [-0.15, -0.1) is 0 Å². The van der Waals surface area contributed by atoms with Crippen LogP contribution in [0.3, 0.4) is 0 Å². The van der Waals surface area contributed by atoms with Gasteiger partial charge in [-0.2, -0.15) is 0 Å². The quantitative estimate of drug-likeness (QED) is 0.447. The molecule has 0 saturated heterocycles. The van der Waals surface area contributed by atoms with Crippen LogP contribution in [-0.4, -0.2) is 23.4 Å². The van der Waals surface area contributed by atoms with E-state index in [9.17, 15) is 19.7 Å². The molecule has 0 aliphatic heterocycles. The van der Waals surface area contributed by atoms with E-state index in [1.807, 2.05) is 19.1 Å². The summed E-state index contributed by atoms with van der Waals surface area (Å²) in [5.41, 5.74) is 1.36. The van der Waals surface area contributed by atoms with Crippen molar-refractivity contribution in [3.05, 3.63) is 68.2 Å². The molecule has 0 heterocycles. The number of hydrogen-bond acceptors (Lipinski definition) is 5. The number of carbonyl (C=O) groups excluding carboxylic acids is 2. The lowest BCUT2D eigenvalue weighted by Gasteiger charge is -2.10. The number of nitrogens with one attached hydrogen (secondary N) is 1. The highest BCUT2D eigenvalue weighted by molar-refractivity contribution is 9.10. The minimum atomic E-state index is -0.811. The maximum Gasteiger partial charge on any atom is 0.338 e. The van der Waals surface area contributed by atoms with E-state index < -0.39 is 23.4 Å². The standard InChI is InChI=1S/C17H15BrN2O5/c1-2-11-5-3-4-6-14(11)19-16(21)10-25-17(22)12-7-8-13(18)15(9-12)20(23)24/h3-9H,2,10H2,1H3,(H,19,21). The fourth-order valence-electron chi connectivity index (χ4n) is 2.13. The smallest absolute Gasteiger partial charge is 0.338 e. The predicted octanol–water partition coefficient (Wildman–Crippen LogP) is 3.72. The summed E-state index contributed by atoms with van der Waals surface area (Å²) >= 11 is 3.04. The van der Waals surface area contributed by atoms with Gasteiger partial charge >= 0.3 is 5.97 Å². The third-order valence-electron chi connectivity index (χ3n) is 3.39. The van der Waals surface area contributed by atoms with Gasteiger partial charge in [-0.3, -0.25) is 14.9 Å². The summed E-state index contributed by atoms with van der Waals surface area (Å²) in [6.07, 6.45) is 0.749. The summed E-state index contributed by atoms with van der Waals surface area (Å²) in [4.78, 5) is 34.2. The number of nitro benzene ring substituents is 1. The number of esters is 1. The second kappa shape index (κ2) is 8.39. The first kappa shape index (κ1) is 18.6. The third kappa shape index (κ3) is 4.87. The highest BCUT2D eigenvalue weighted by Gasteiger charge is 2.17. The van der Waals surface area contributed by atoms with E-state index in [1.165, 1.54) is 12.1 Å².